The molecule has 0 spiro atoms. The van der Waals surface area contributed by atoms with Crippen LogP contribution in [0.1, 0.15) is 35.7 Å². The van der Waals surface area contributed by atoms with E-state index in [4.69, 9.17) is 16.3 Å². The van der Waals surface area contributed by atoms with Gasteiger partial charge in [-0.25, -0.2) is 4.79 Å². The third-order valence-electron chi connectivity index (χ3n) is 4.88. The summed E-state index contributed by atoms with van der Waals surface area (Å²) in [6.07, 6.45) is 1.80. The van der Waals surface area contributed by atoms with Gasteiger partial charge in [-0.3, -0.25) is 9.69 Å². The van der Waals surface area contributed by atoms with Gasteiger partial charge in [0.1, 0.15) is 0 Å². The molecular formula is C22H25ClN2O3. The van der Waals surface area contributed by atoms with Crippen molar-refractivity contribution in [1.29, 1.82) is 0 Å². The Bertz CT molecular complexity index is 823. The molecule has 1 heterocycles. The first kappa shape index (κ1) is 20.4. The van der Waals surface area contributed by atoms with Gasteiger partial charge in [0, 0.05) is 18.1 Å². The Morgan fingerprint density at radius 3 is 2.68 bits per heavy atom. The van der Waals surface area contributed by atoms with Crippen molar-refractivity contribution in [2.45, 2.75) is 26.3 Å². The number of nitrogens with zero attached hydrogens (tertiary/aromatic N) is 1. The average molecular weight is 401 g/mol. The molecule has 6 heteroatoms. The van der Waals surface area contributed by atoms with Crippen LogP contribution in [-0.4, -0.2) is 36.5 Å². The lowest BCUT2D eigenvalue weighted by atomic mass is 9.96. The van der Waals surface area contributed by atoms with Crippen molar-refractivity contribution in [2.75, 3.05) is 25.0 Å². The van der Waals surface area contributed by atoms with Gasteiger partial charge >= 0.3 is 5.97 Å². The van der Waals surface area contributed by atoms with E-state index in [-0.39, 0.29) is 11.8 Å². The lowest BCUT2D eigenvalue weighted by molar-refractivity contribution is -0.121. The number of esters is 1. The smallest absolute Gasteiger partial charge is 0.340 e. The van der Waals surface area contributed by atoms with Crippen molar-refractivity contribution in [3.05, 3.63) is 64.7 Å². The molecule has 2 aromatic rings. The van der Waals surface area contributed by atoms with E-state index in [1.807, 2.05) is 24.3 Å². The van der Waals surface area contributed by atoms with Crippen LogP contribution >= 0.6 is 11.6 Å². The van der Waals surface area contributed by atoms with Crippen molar-refractivity contribution < 1.29 is 14.3 Å². The molecule has 0 saturated carbocycles. The Kier molecular flexibility index (Phi) is 7.06. The minimum Gasteiger partial charge on any atom is -0.462 e. The summed E-state index contributed by atoms with van der Waals surface area (Å²) in [5.74, 6) is -0.597. The molecule has 148 valence electrons. The summed E-state index contributed by atoms with van der Waals surface area (Å²) in [5, 5.41) is 3.65. The van der Waals surface area contributed by atoms with Crippen LogP contribution in [0.3, 0.4) is 0 Å². The van der Waals surface area contributed by atoms with E-state index in [2.05, 4.69) is 10.2 Å². The molecule has 0 aromatic heterocycles. The monoisotopic (exact) mass is 400 g/mol. The summed E-state index contributed by atoms with van der Waals surface area (Å²) in [7, 11) is 0. The minimum atomic E-state index is -0.425. The molecule has 1 atom stereocenters. The van der Waals surface area contributed by atoms with Gasteiger partial charge in [0.15, 0.2) is 0 Å². The summed E-state index contributed by atoms with van der Waals surface area (Å²) in [4.78, 5) is 27.2. The number of ether oxygens (including phenoxy) is 1. The largest absolute Gasteiger partial charge is 0.462 e. The molecule has 0 bridgehead atoms. The van der Waals surface area contributed by atoms with E-state index < -0.39 is 5.97 Å². The number of carbonyl (C=O) groups excluding carboxylic acids is 2. The number of likely N-dealkylation sites (tertiary alicyclic amines) is 1. The molecule has 1 saturated heterocycles. The second kappa shape index (κ2) is 9.71. The fraction of sp³-hybridized carbons (Fsp3) is 0.364. The molecule has 1 aliphatic heterocycles. The lowest BCUT2D eigenvalue weighted by Crippen LogP contribution is -2.40. The number of piperidine rings is 1. The Morgan fingerprint density at radius 2 is 1.93 bits per heavy atom. The first-order chi connectivity index (χ1) is 13.6. The van der Waals surface area contributed by atoms with E-state index in [0.717, 1.165) is 31.0 Å². The first-order valence-corrected chi connectivity index (χ1v) is 9.98. The lowest BCUT2D eigenvalue weighted by Gasteiger charge is -2.32. The zero-order chi connectivity index (χ0) is 19.9. The van der Waals surface area contributed by atoms with Crippen LogP contribution in [0.5, 0.6) is 0 Å². The van der Waals surface area contributed by atoms with E-state index in [1.165, 1.54) is 5.56 Å². The van der Waals surface area contributed by atoms with Gasteiger partial charge in [-0.05, 0) is 56.1 Å². The second-order valence-electron chi connectivity index (χ2n) is 6.96. The van der Waals surface area contributed by atoms with Crippen molar-refractivity contribution in [3.63, 3.8) is 0 Å². The Labute approximate surface area is 170 Å². The van der Waals surface area contributed by atoms with E-state index >= 15 is 0 Å². The van der Waals surface area contributed by atoms with Crippen molar-refractivity contribution in [2.24, 2.45) is 5.92 Å². The highest BCUT2D eigenvalue weighted by Gasteiger charge is 2.26. The van der Waals surface area contributed by atoms with Gasteiger partial charge < -0.3 is 10.1 Å². The Morgan fingerprint density at radius 1 is 1.18 bits per heavy atom. The fourth-order valence-corrected chi connectivity index (χ4v) is 3.60. The Hall–Kier alpha value is -2.37. The molecule has 1 N–H and O–H groups in total. The molecule has 2 aromatic carbocycles. The molecule has 5 nitrogen and oxygen atoms in total. The Balaban J connectivity index is 1.63. The van der Waals surface area contributed by atoms with Crippen LogP contribution < -0.4 is 5.32 Å². The van der Waals surface area contributed by atoms with Crippen molar-refractivity contribution in [1.82, 2.24) is 4.90 Å². The predicted molar refractivity (Wildman–Crippen MR) is 110 cm³/mol. The van der Waals surface area contributed by atoms with Crippen molar-refractivity contribution >= 4 is 29.2 Å². The number of nitrogens with one attached hydrogen (secondary N) is 1. The zero-order valence-electron chi connectivity index (χ0n) is 16.0. The van der Waals surface area contributed by atoms with Gasteiger partial charge in [-0.1, -0.05) is 35.9 Å². The second-order valence-corrected chi connectivity index (χ2v) is 7.39. The standard InChI is InChI=1S/C22H25ClN2O3/c1-2-28-22(27)19-7-3-4-8-20(19)24-21(26)17-6-5-13-25(15-17)14-16-9-11-18(23)12-10-16/h3-4,7-12,17H,2,5-6,13-15H2,1H3,(H,24,26). The van der Waals surface area contributed by atoms with Gasteiger partial charge in [0.2, 0.25) is 5.91 Å². The summed E-state index contributed by atoms with van der Waals surface area (Å²) >= 11 is 5.95. The highest BCUT2D eigenvalue weighted by atomic mass is 35.5. The van der Waals surface area contributed by atoms with Gasteiger partial charge in [0.25, 0.3) is 0 Å². The highest BCUT2D eigenvalue weighted by molar-refractivity contribution is 6.30. The number of rotatable bonds is 6. The number of benzene rings is 2. The van der Waals surface area contributed by atoms with Crippen LogP contribution in [-0.2, 0) is 16.1 Å². The molecule has 28 heavy (non-hydrogen) atoms. The fourth-order valence-electron chi connectivity index (χ4n) is 3.47. The number of anilines is 1. The summed E-state index contributed by atoms with van der Waals surface area (Å²) in [6.45, 7) is 4.50. The van der Waals surface area contributed by atoms with Crippen LogP contribution in [0.15, 0.2) is 48.5 Å². The first-order valence-electron chi connectivity index (χ1n) is 9.60. The van der Waals surface area contributed by atoms with Crippen LogP contribution in [0, 0.1) is 5.92 Å². The molecule has 1 aliphatic rings. The molecule has 1 fully saturated rings. The van der Waals surface area contributed by atoms with Crippen LogP contribution in [0.25, 0.3) is 0 Å². The van der Waals surface area contributed by atoms with Gasteiger partial charge in [0.05, 0.1) is 23.8 Å². The third kappa shape index (κ3) is 5.33. The van der Waals surface area contributed by atoms with E-state index in [1.54, 1.807) is 31.2 Å². The van der Waals surface area contributed by atoms with Crippen molar-refractivity contribution in [3.8, 4) is 0 Å². The molecule has 3 rings (SSSR count). The number of hydrogen-bond acceptors (Lipinski definition) is 4. The van der Waals surface area contributed by atoms with Crippen LogP contribution in [0.2, 0.25) is 5.02 Å². The maximum absolute atomic E-state index is 12.8. The van der Waals surface area contributed by atoms with Gasteiger partial charge in [-0.15, -0.1) is 0 Å². The third-order valence-corrected chi connectivity index (χ3v) is 5.13. The van der Waals surface area contributed by atoms with Gasteiger partial charge in [-0.2, -0.15) is 0 Å². The number of amides is 1. The van der Waals surface area contributed by atoms with E-state index in [0.29, 0.717) is 24.4 Å². The normalized spacial score (nSPS) is 17.1. The van der Waals surface area contributed by atoms with E-state index in [9.17, 15) is 9.59 Å². The quantitative estimate of drug-likeness (QED) is 0.731. The predicted octanol–water partition coefficient (Wildman–Crippen LogP) is 4.37. The summed E-state index contributed by atoms with van der Waals surface area (Å²) in [5.41, 5.74) is 2.06. The summed E-state index contributed by atoms with van der Waals surface area (Å²) in [6, 6.07) is 14.8. The number of hydrogen-bond donors (Lipinski definition) is 1. The topological polar surface area (TPSA) is 58.6 Å². The number of para-hydroxylation sites is 1. The number of carbonyl (C=O) groups is 2. The molecule has 0 aliphatic carbocycles. The zero-order valence-corrected chi connectivity index (χ0v) is 16.7. The van der Waals surface area contributed by atoms with Crippen LogP contribution in [0.4, 0.5) is 5.69 Å². The average Bonchev–Trinajstić information content (AvgIpc) is 2.70. The maximum atomic E-state index is 12.8. The SMILES string of the molecule is CCOC(=O)c1ccccc1NC(=O)C1CCCN(Cc2ccc(Cl)cc2)C1. The molecular weight excluding hydrogens is 376 g/mol. The minimum absolute atomic E-state index is 0.0578. The number of halogens is 1. The summed E-state index contributed by atoms with van der Waals surface area (Å²) < 4.78 is 5.08. The molecule has 1 unspecified atom stereocenters. The molecule has 1 amide bonds. The maximum Gasteiger partial charge on any atom is 0.340 e. The molecule has 0 radical (unpaired) electrons. The highest BCUT2D eigenvalue weighted by Crippen LogP contribution is 2.23.